The summed E-state index contributed by atoms with van der Waals surface area (Å²) in [6.07, 6.45) is 3.58. The van der Waals surface area contributed by atoms with Crippen LogP contribution >= 0.6 is 34.4 Å². The summed E-state index contributed by atoms with van der Waals surface area (Å²) in [5, 5.41) is 15.0. The number of benzene rings is 2. The molecule has 12 heteroatoms. The number of nitrogens with two attached hydrogens (primary N) is 1. The van der Waals surface area contributed by atoms with E-state index in [-0.39, 0.29) is 11.8 Å². The van der Waals surface area contributed by atoms with Crippen LogP contribution in [0.4, 0.5) is 21.6 Å². The molecule has 214 valence electrons. The summed E-state index contributed by atoms with van der Waals surface area (Å²) in [5.74, 6) is 0.891. The molecule has 0 unspecified atom stereocenters. The van der Waals surface area contributed by atoms with E-state index in [9.17, 15) is 9.59 Å². The molecule has 0 atom stereocenters. The van der Waals surface area contributed by atoms with Gasteiger partial charge in [0.25, 0.3) is 0 Å². The Morgan fingerprint density at radius 1 is 0.780 bits per heavy atom. The maximum absolute atomic E-state index is 11.0. The fourth-order valence-corrected chi connectivity index (χ4v) is 6.11. The van der Waals surface area contributed by atoms with Crippen LogP contribution in [-0.4, -0.2) is 39.2 Å². The molecule has 1 aliphatic rings. The van der Waals surface area contributed by atoms with Gasteiger partial charge in [-0.15, -0.1) is 22.7 Å². The van der Waals surface area contributed by atoms with E-state index in [2.05, 4.69) is 55.2 Å². The van der Waals surface area contributed by atoms with Crippen molar-refractivity contribution < 1.29 is 9.59 Å². The molecule has 1 aliphatic heterocycles. The number of rotatable bonds is 9. The monoisotopic (exact) mass is 607 g/mol. The zero-order chi connectivity index (χ0) is 29.0. The first kappa shape index (κ1) is 30.2. The predicted molar refractivity (Wildman–Crippen MR) is 173 cm³/mol. The van der Waals surface area contributed by atoms with E-state index < -0.39 is 0 Å². The molecule has 2 amide bonds. The summed E-state index contributed by atoms with van der Waals surface area (Å²) in [4.78, 5) is 35.0. The Labute approximate surface area is 252 Å². The third-order valence-electron chi connectivity index (χ3n) is 5.78. The fourth-order valence-electron chi connectivity index (χ4n) is 3.78. The summed E-state index contributed by atoms with van der Waals surface area (Å²) >= 11 is 4.67. The van der Waals surface area contributed by atoms with Gasteiger partial charge in [-0.3, -0.25) is 14.6 Å². The first-order valence-electron chi connectivity index (χ1n) is 13.1. The van der Waals surface area contributed by atoms with Crippen molar-refractivity contribution in [2.24, 2.45) is 4.99 Å². The van der Waals surface area contributed by atoms with Crippen molar-refractivity contribution in [1.29, 1.82) is 0 Å². The molecule has 2 aromatic carbocycles. The average Bonchev–Trinajstić information content (AvgIpc) is 3.71. The van der Waals surface area contributed by atoms with E-state index in [4.69, 9.17) is 5.73 Å². The highest BCUT2D eigenvalue weighted by Gasteiger charge is 2.08. The minimum atomic E-state index is -0.0885. The number of amides is 2. The summed E-state index contributed by atoms with van der Waals surface area (Å²) < 4.78 is 0. The molecule has 0 radical (unpaired) electrons. The average molecular weight is 608 g/mol. The van der Waals surface area contributed by atoms with Gasteiger partial charge in [0, 0.05) is 41.7 Å². The van der Waals surface area contributed by atoms with E-state index in [1.165, 1.54) is 47.6 Å². The first-order chi connectivity index (χ1) is 19.8. The van der Waals surface area contributed by atoms with E-state index in [1.807, 2.05) is 35.0 Å². The Kier molecular flexibility index (Phi) is 11.3. The third kappa shape index (κ3) is 10.6. The number of aliphatic imine (C=N–C) groups is 1. The molecule has 3 heterocycles. The number of nitrogens with zero attached hydrogens (tertiary/aromatic N) is 3. The number of nitrogens with one attached hydrogen (secondary N) is 3. The molecule has 2 aromatic heterocycles. The Balaban J connectivity index is 0.000000195. The number of nitrogen functional groups attached to an aromatic ring is 1. The van der Waals surface area contributed by atoms with Crippen LogP contribution in [0.25, 0.3) is 0 Å². The van der Waals surface area contributed by atoms with Gasteiger partial charge in [-0.25, -0.2) is 9.97 Å². The van der Waals surface area contributed by atoms with Crippen LogP contribution in [0.1, 0.15) is 36.4 Å². The molecule has 0 saturated heterocycles. The van der Waals surface area contributed by atoms with Crippen molar-refractivity contribution >= 4 is 73.1 Å². The van der Waals surface area contributed by atoms with Gasteiger partial charge in [0.2, 0.25) is 11.8 Å². The summed E-state index contributed by atoms with van der Waals surface area (Å²) in [7, 11) is 0. The third-order valence-corrected chi connectivity index (χ3v) is 8.28. The zero-order valence-electron chi connectivity index (χ0n) is 23.0. The van der Waals surface area contributed by atoms with Gasteiger partial charge >= 0.3 is 0 Å². The topological polar surface area (TPSA) is 134 Å². The number of thioether (sulfide) groups is 1. The number of amidine groups is 1. The highest BCUT2D eigenvalue weighted by atomic mass is 32.2. The van der Waals surface area contributed by atoms with Gasteiger partial charge in [-0.2, -0.15) is 0 Å². The van der Waals surface area contributed by atoms with Gasteiger partial charge in [0.15, 0.2) is 15.4 Å². The van der Waals surface area contributed by atoms with Crippen molar-refractivity contribution in [2.75, 3.05) is 34.0 Å². The smallest absolute Gasteiger partial charge is 0.223 e. The molecule has 5 N–H and O–H groups in total. The van der Waals surface area contributed by atoms with Crippen LogP contribution in [0.2, 0.25) is 0 Å². The lowest BCUT2D eigenvalue weighted by molar-refractivity contribution is -0.115. The number of anilines is 4. The van der Waals surface area contributed by atoms with Gasteiger partial charge in [-0.05, 0) is 61.1 Å². The quantitative estimate of drug-likeness (QED) is 0.175. The predicted octanol–water partition coefficient (Wildman–Crippen LogP) is 5.87. The SMILES string of the molecule is CC(=O)Nc1nc(CCc2ccc(N)cc2)cs1.CC(=O)Nc1nc(CCc2ccc(NC3=NCCS3)cc2)cs1. The van der Waals surface area contributed by atoms with E-state index in [0.717, 1.165) is 65.9 Å². The molecule has 0 spiro atoms. The molecular weight excluding hydrogens is 575 g/mol. The highest BCUT2D eigenvalue weighted by Crippen LogP contribution is 2.20. The van der Waals surface area contributed by atoms with Crippen LogP contribution in [0, 0.1) is 0 Å². The van der Waals surface area contributed by atoms with E-state index in [1.54, 1.807) is 11.8 Å². The fraction of sp³-hybridized carbons (Fsp3) is 0.276. The summed E-state index contributed by atoms with van der Waals surface area (Å²) in [6, 6.07) is 16.3. The maximum Gasteiger partial charge on any atom is 0.223 e. The summed E-state index contributed by atoms with van der Waals surface area (Å²) in [5.41, 5.74) is 12.0. The van der Waals surface area contributed by atoms with Crippen molar-refractivity contribution in [3.63, 3.8) is 0 Å². The molecule has 0 fully saturated rings. The molecule has 0 bridgehead atoms. The van der Waals surface area contributed by atoms with E-state index >= 15 is 0 Å². The number of carbonyl (C=O) groups excluding carboxylic acids is 2. The molecule has 4 aromatic rings. The van der Waals surface area contributed by atoms with Crippen LogP contribution in [-0.2, 0) is 35.3 Å². The van der Waals surface area contributed by atoms with Crippen molar-refractivity contribution in [3.05, 3.63) is 81.8 Å². The molecule has 0 saturated carbocycles. The van der Waals surface area contributed by atoms with E-state index in [0.29, 0.717) is 10.3 Å². The standard InChI is InChI=1S/C16H18N4OS2.C13H15N3OS/c1-11(21)18-16-20-14(10-23-16)7-4-12-2-5-13(6-3-12)19-15-17-8-9-22-15;1-9(17)15-13-16-12(8-18-13)7-4-10-2-5-11(14)6-3-10/h2-3,5-6,10H,4,7-9H2,1H3,(H,17,19)(H,18,20,21);2-3,5-6,8H,4,7,14H2,1H3,(H,15,16,17). The van der Waals surface area contributed by atoms with Crippen LogP contribution in [0.5, 0.6) is 0 Å². The second-order valence-electron chi connectivity index (χ2n) is 9.25. The molecule has 5 rings (SSSR count). The Morgan fingerprint density at radius 2 is 1.29 bits per heavy atom. The second kappa shape index (κ2) is 15.3. The Hall–Kier alpha value is -3.74. The van der Waals surface area contributed by atoms with Crippen molar-refractivity contribution in [2.45, 2.75) is 39.5 Å². The second-order valence-corrected chi connectivity index (χ2v) is 12.0. The van der Waals surface area contributed by atoms with Gasteiger partial charge in [0.1, 0.15) is 0 Å². The highest BCUT2D eigenvalue weighted by molar-refractivity contribution is 8.14. The lowest BCUT2D eigenvalue weighted by atomic mass is 10.1. The molecular formula is C29H33N7O2S3. The Bertz CT molecular complexity index is 1460. The maximum atomic E-state index is 11.0. The number of carbonyl (C=O) groups is 2. The normalized spacial score (nSPS) is 12.2. The Morgan fingerprint density at radius 3 is 1.76 bits per heavy atom. The molecule has 9 nitrogen and oxygen atoms in total. The van der Waals surface area contributed by atoms with Crippen LogP contribution in [0.15, 0.2) is 64.3 Å². The lowest BCUT2D eigenvalue weighted by Crippen LogP contribution is -2.05. The number of aromatic nitrogens is 2. The van der Waals surface area contributed by atoms with Gasteiger partial charge < -0.3 is 21.7 Å². The first-order valence-corrected chi connectivity index (χ1v) is 15.9. The van der Waals surface area contributed by atoms with Crippen LogP contribution < -0.4 is 21.7 Å². The number of thiazole rings is 2. The lowest BCUT2D eigenvalue weighted by Gasteiger charge is -2.06. The molecule has 41 heavy (non-hydrogen) atoms. The summed E-state index contributed by atoms with van der Waals surface area (Å²) in [6.45, 7) is 3.88. The van der Waals surface area contributed by atoms with Crippen molar-refractivity contribution in [1.82, 2.24) is 9.97 Å². The molecule has 0 aliphatic carbocycles. The minimum Gasteiger partial charge on any atom is -0.399 e. The van der Waals surface area contributed by atoms with Crippen molar-refractivity contribution in [3.8, 4) is 0 Å². The van der Waals surface area contributed by atoms with Gasteiger partial charge in [-0.1, -0.05) is 36.0 Å². The largest absolute Gasteiger partial charge is 0.399 e. The minimum absolute atomic E-state index is 0.0842. The number of hydrogen-bond acceptors (Lipinski definition) is 10. The zero-order valence-corrected chi connectivity index (χ0v) is 25.4. The number of hydrogen-bond donors (Lipinski definition) is 4. The van der Waals surface area contributed by atoms with Crippen LogP contribution in [0.3, 0.4) is 0 Å². The van der Waals surface area contributed by atoms with Gasteiger partial charge in [0.05, 0.1) is 17.9 Å². The number of aryl methyl sites for hydroxylation is 4.